The van der Waals surface area contributed by atoms with Crippen LogP contribution < -0.4 is 10.6 Å². The molecule has 2 aliphatic heterocycles. The molecule has 2 saturated heterocycles. The third kappa shape index (κ3) is 7.51. The van der Waals surface area contributed by atoms with Crippen molar-refractivity contribution in [3.63, 3.8) is 0 Å². The van der Waals surface area contributed by atoms with Gasteiger partial charge in [0.2, 0.25) is 0 Å². The Bertz CT molecular complexity index is 1960. The van der Waals surface area contributed by atoms with Crippen LogP contribution in [0.25, 0.3) is 17.1 Å². The van der Waals surface area contributed by atoms with Gasteiger partial charge in [0.1, 0.15) is 11.0 Å². The Labute approximate surface area is 289 Å². The quantitative estimate of drug-likeness (QED) is 0.110. The molecule has 0 atom stereocenters. The highest BCUT2D eigenvalue weighted by Crippen LogP contribution is 2.28. The largest absolute Gasteiger partial charge is 0.354 e. The van der Waals surface area contributed by atoms with E-state index in [4.69, 9.17) is 16.6 Å². The first-order valence-electron chi connectivity index (χ1n) is 16.4. The molecule has 11 heteroatoms. The number of aromatic amines is 1. The van der Waals surface area contributed by atoms with E-state index in [2.05, 4.69) is 56.2 Å². The van der Waals surface area contributed by atoms with Crippen LogP contribution in [0.15, 0.2) is 101 Å². The molecule has 0 unspecified atom stereocenters. The van der Waals surface area contributed by atoms with E-state index in [0.717, 1.165) is 68.0 Å². The summed E-state index contributed by atoms with van der Waals surface area (Å²) >= 11 is 7.98. The van der Waals surface area contributed by atoms with Crippen LogP contribution in [-0.4, -0.2) is 81.0 Å². The predicted molar refractivity (Wildman–Crippen MR) is 194 cm³/mol. The van der Waals surface area contributed by atoms with Crippen LogP contribution in [-0.2, 0) is 5.75 Å². The van der Waals surface area contributed by atoms with Crippen molar-refractivity contribution in [2.45, 2.75) is 29.8 Å². The predicted octanol–water partition coefficient (Wildman–Crippen LogP) is 6.38. The lowest BCUT2D eigenvalue weighted by molar-refractivity contribution is 0.0695. The highest BCUT2D eigenvalue weighted by atomic mass is 35.5. The maximum Gasteiger partial charge on any atom is 0.326 e. The summed E-state index contributed by atoms with van der Waals surface area (Å²) in [5.74, 6) is 1.48. The number of carbonyl (C=O) groups is 1. The first-order valence-corrected chi connectivity index (χ1v) is 17.8. The standard InChI is InChI=1S/C37H38ClN7O2S/c38-33-25-34(43-22-20-42(21-23-43)17-7-11-27-8-2-1-3-9-27)41-36(40-33)48-26-28-10-6-12-29(24-28)35(46)44-18-15-30(16-19-44)45-32-14-5-4-13-31(32)39-37(45)47/h1-14,24-25,30H,15-23,26H2,(H,39,47). The van der Waals surface area contributed by atoms with Gasteiger partial charge in [-0.2, -0.15) is 0 Å². The van der Waals surface area contributed by atoms with Gasteiger partial charge in [0, 0.05) is 69.2 Å². The van der Waals surface area contributed by atoms with Crippen LogP contribution in [0, 0.1) is 0 Å². The summed E-state index contributed by atoms with van der Waals surface area (Å²) in [5, 5.41) is 1.05. The van der Waals surface area contributed by atoms with Gasteiger partial charge in [0.15, 0.2) is 5.16 Å². The third-order valence-electron chi connectivity index (χ3n) is 9.11. The van der Waals surface area contributed by atoms with Crippen LogP contribution >= 0.6 is 23.4 Å². The minimum Gasteiger partial charge on any atom is -0.354 e. The number of fused-ring (bicyclic) bond motifs is 1. The first kappa shape index (κ1) is 32.2. The van der Waals surface area contributed by atoms with Crippen molar-refractivity contribution >= 4 is 52.2 Å². The van der Waals surface area contributed by atoms with Crippen molar-refractivity contribution in [1.29, 1.82) is 0 Å². The average Bonchev–Trinajstić information content (AvgIpc) is 3.46. The Morgan fingerprint density at radius 3 is 2.48 bits per heavy atom. The molecule has 1 amide bonds. The topological polar surface area (TPSA) is 90.4 Å². The molecule has 0 aliphatic carbocycles. The molecule has 7 rings (SSSR count). The molecule has 2 fully saturated rings. The number of para-hydroxylation sites is 2. The Balaban J connectivity index is 0.922. The monoisotopic (exact) mass is 679 g/mol. The number of halogens is 1. The number of hydrogen-bond acceptors (Lipinski definition) is 7. The number of nitrogens with one attached hydrogen (secondary N) is 1. The molecular formula is C37H38ClN7O2S. The zero-order valence-corrected chi connectivity index (χ0v) is 28.2. The number of amides is 1. The van der Waals surface area contributed by atoms with Gasteiger partial charge in [0.25, 0.3) is 5.91 Å². The third-order valence-corrected chi connectivity index (χ3v) is 10.2. The summed E-state index contributed by atoms with van der Waals surface area (Å²) < 4.78 is 1.85. The van der Waals surface area contributed by atoms with Crippen LogP contribution in [0.1, 0.15) is 40.4 Å². The molecule has 246 valence electrons. The van der Waals surface area contributed by atoms with Gasteiger partial charge in [-0.15, -0.1) is 0 Å². The number of carbonyl (C=O) groups excluding carboxylic acids is 1. The summed E-state index contributed by atoms with van der Waals surface area (Å²) in [6, 6.07) is 27.8. The molecular weight excluding hydrogens is 642 g/mol. The molecule has 2 aliphatic rings. The number of imidazole rings is 1. The highest BCUT2D eigenvalue weighted by Gasteiger charge is 2.27. The molecule has 0 saturated carbocycles. The minimum absolute atomic E-state index is 0.0163. The van der Waals surface area contributed by atoms with Crippen molar-refractivity contribution in [2.24, 2.45) is 0 Å². The average molecular weight is 680 g/mol. The number of nitrogens with zero attached hydrogens (tertiary/aromatic N) is 6. The van der Waals surface area contributed by atoms with Gasteiger partial charge < -0.3 is 14.8 Å². The van der Waals surface area contributed by atoms with E-state index in [1.807, 2.05) is 70.1 Å². The minimum atomic E-state index is -0.0904. The lowest BCUT2D eigenvalue weighted by Crippen LogP contribution is -2.46. The molecule has 1 N–H and O–H groups in total. The number of H-pyrrole nitrogens is 1. The zero-order valence-electron chi connectivity index (χ0n) is 26.7. The summed E-state index contributed by atoms with van der Waals surface area (Å²) in [6.45, 7) is 5.76. The van der Waals surface area contributed by atoms with E-state index < -0.39 is 0 Å². The van der Waals surface area contributed by atoms with E-state index >= 15 is 0 Å². The molecule has 0 bridgehead atoms. The van der Waals surface area contributed by atoms with Crippen molar-refractivity contribution < 1.29 is 4.79 Å². The van der Waals surface area contributed by atoms with Gasteiger partial charge in [-0.05, 0) is 48.2 Å². The number of piperidine rings is 1. The number of rotatable bonds is 9. The molecule has 0 radical (unpaired) electrons. The van der Waals surface area contributed by atoms with E-state index in [1.165, 1.54) is 17.3 Å². The molecule has 0 spiro atoms. The normalized spacial score (nSPS) is 16.3. The van der Waals surface area contributed by atoms with Crippen molar-refractivity contribution in [2.75, 3.05) is 50.7 Å². The smallest absolute Gasteiger partial charge is 0.326 e. The van der Waals surface area contributed by atoms with E-state index in [-0.39, 0.29) is 17.6 Å². The second-order valence-corrected chi connectivity index (χ2v) is 13.6. The van der Waals surface area contributed by atoms with Gasteiger partial charge in [-0.3, -0.25) is 14.3 Å². The van der Waals surface area contributed by atoms with Gasteiger partial charge in [0.05, 0.1) is 11.0 Å². The second-order valence-electron chi connectivity index (χ2n) is 12.3. The van der Waals surface area contributed by atoms with Crippen LogP contribution in [0.3, 0.4) is 0 Å². The Morgan fingerprint density at radius 1 is 0.896 bits per heavy atom. The Hall–Kier alpha value is -4.38. The summed E-state index contributed by atoms with van der Waals surface area (Å²) in [4.78, 5) is 45.1. The molecule has 48 heavy (non-hydrogen) atoms. The summed E-state index contributed by atoms with van der Waals surface area (Å²) in [7, 11) is 0. The number of hydrogen-bond donors (Lipinski definition) is 1. The lowest BCUT2D eigenvalue weighted by atomic mass is 10.0. The zero-order chi connectivity index (χ0) is 32.9. The van der Waals surface area contributed by atoms with Gasteiger partial charge in [-0.1, -0.05) is 90.1 Å². The number of anilines is 1. The van der Waals surface area contributed by atoms with E-state index in [0.29, 0.717) is 34.7 Å². The SMILES string of the molecule is O=C(c1cccc(CSc2nc(Cl)cc(N3CCN(CC=Cc4ccccc4)CC3)n2)c1)N1CCC(n2c(=O)[nH]c3ccccc32)CC1. The number of aromatic nitrogens is 4. The molecule has 5 aromatic rings. The Morgan fingerprint density at radius 2 is 1.67 bits per heavy atom. The molecule has 2 aromatic heterocycles. The second kappa shape index (κ2) is 14.8. The first-order chi connectivity index (χ1) is 23.5. The van der Waals surface area contributed by atoms with Crippen molar-refractivity contribution in [3.05, 3.63) is 123 Å². The maximum absolute atomic E-state index is 13.5. The van der Waals surface area contributed by atoms with Crippen LogP contribution in [0.5, 0.6) is 0 Å². The van der Waals surface area contributed by atoms with Crippen LogP contribution in [0.2, 0.25) is 5.15 Å². The number of thioether (sulfide) groups is 1. The summed E-state index contributed by atoms with van der Waals surface area (Å²) in [5.41, 5.74) is 4.57. The highest BCUT2D eigenvalue weighted by molar-refractivity contribution is 7.98. The Kier molecular flexibility index (Phi) is 9.92. The van der Waals surface area contributed by atoms with E-state index in [1.54, 1.807) is 0 Å². The molecule has 9 nitrogen and oxygen atoms in total. The fourth-order valence-electron chi connectivity index (χ4n) is 6.56. The fraction of sp³-hybridized carbons (Fsp3) is 0.297. The van der Waals surface area contributed by atoms with Gasteiger partial charge >= 0.3 is 5.69 Å². The van der Waals surface area contributed by atoms with Gasteiger partial charge in [-0.25, -0.2) is 14.8 Å². The lowest BCUT2D eigenvalue weighted by Gasteiger charge is -2.35. The summed E-state index contributed by atoms with van der Waals surface area (Å²) in [6.07, 6.45) is 5.86. The number of likely N-dealkylation sites (tertiary alicyclic amines) is 1. The van der Waals surface area contributed by atoms with E-state index in [9.17, 15) is 9.59 Å². The van der Waals surface area contributed by atoms with Crippen LogP contribution in [0.4, 0.5) is 5.82 Å². The van der Waals surface area contributed by atoms with Crippen molar-refractivity contribution in [1.82, 2.24) is 29.3 Å². The fourth-order valence-corrected chi connectivity index (χ4v) is 7.59. The molecule has 4 heterocycles. The maximum atomic E-state index is 13.5. The number of piperazine rings is 1. The number of benzene rings is 3. The molecule has 3 aromatic carbocycles. The van der Waals surface area contributed by atoms with Crippen molar-refractivity contribution in [3.8, 4) is 0 Å².